The normalized spacial score (nSPS) is 12.2. The van der Waals surface area contributed by atoms with E-state index in [9.17, 15) is 13.2 Å². The molecule has 0 atom stereocenters. The van der Waals surface area contributed by atoms with Crippen molar-refractivity contribution in [3.8, 4) is 22.4 Å². The van der Waals surface area contributed by atoms with Gasteiger partial charge in [-0.05, 0) is 59.8 Å². The second-order valence-corrected chi connectivity index (χ2v) is 11.1. The maximum atomic E-state index is 12.7. The Hall–Kier alpha value is -3.45. The number of fused-ring (bicyclic) bond motifs is 1. The van der Waals surface area contributed by atoms with Gasteiger partial charge in [-0.1, -0.05) is 45.0 Å². The van der Waals surface area contributed by atoms with Gasteiger partial charge in [-0.15, -0.1) is 0 Å². The van der Waals surface area contributed by atoms with Gasteiger partial charge in [-0.25, -0.2) is 8.42 Å². The molecule has 0 radical (unpaired) electrons. The molecule has 170 valence electrons. The molecule has 0 saturated carbocycles. The van der Waals surface area contributed by atoms with Gasteiger partial charge in [0.2, 0.25) is 10.0 Å². The van der Waals surface area contributed by atoms with Crippen LogP contribution in [0.15, 0.2) is 65.5 Å². The van der Waals surface area contributed by atoms with Crippen molar-refractivity contribution in [3.05, 3.63) is 82.4 Å². The highest BCUT2D eigenvalue weighted by atomic mass is 32.2. The Kier molecular flexibility index (Phi) is 5.62. The molecule has 4 aromatic rings. The number of aromatic nitrogens is 2. The van der Waals surface area contributed by atoms with Crippen molar-refractivity contribution >= 4 is 26.5 Å². The Morgan fingerprint density at radius 1 is 0.909 bits per heavy atom. The van der Waals surface area contributed by atoms with Gasteiger partial charge in [-0.3, -0.25) is 14.5 Å². The third-order valence-electron chi connectivity index (χ3n) is 5.43. The predicted octanol–water partition coefficient (Wildman–Crippen LogP) is 5.23. The van der Waals surface area contributed by atoms with Gasteiger partial charge in [0.15, 0.2) is 0 Å². The van der Waals surface area contributed by atoms with Crippen LogP contribution in [0.2, 0.25) is 0 Å². The largest absolute Gasteiger partial charge is 0.326 e. The van der Waals surface area contributed by atoms with Crippen molar-refractivity contribution in [2.24, 2.45) is 0 Å². The zero-order valence-corrected chi connectivity index (χ0v) is 20.2. The SMILES string of the molecule is Cc1ccc(-c2nc(C(C)(C)C)cc3cc(-c4ccc(NS(C)(=O)=O)cc4)ccc23)c(=O)[nH]1. The third kappa shape index (κ3) is 4.98. The van der Waals surface area contributed by atoms with Crippen molar-refractivity contribution in [1.29, 1.82) is 0 Å². The molecule has 0 bridgehead atoms. The third-order valence-corrected chi connectivity index (χ3v) is 6.04. The topological polar surface area (TPSA) is 91.9 Å². The minimum atomic E-state index is -3.32. The lowest BCUT2D eigenvalue weighted by Gasteiger charge is -2.20. The summed E-state index contributed by atoms with van der Waals surface area (Å²) in [7, 11) is -3.32. The van der Waals surface area contributed by atoms with Crippen LogP contribution < -0.4 is 10.3 Å². The number of aryl methyl sites for hydroxylation is 1. The average molecular weight is 462 g/mol. The molecule has 0 saturated heterocycles. The molecule has 7 heteroatoms. The fourth-order valence-corrected chi connectivity index (χ4v) is 4.29. The Labute approximate surface area is 193 Å². The first-order chi connectivity index (χ1) is 15.4. The van der Waals surface area contributed by atoms with Crippen molar-refractivity contribution in [1.82, 2.24) is 9.97 Å². The summed E-state index contributed by atoms with van der Waals surface area (Å²) >= 11 is 0. The number of hydrogen-bond donors (Lipinski definition) is 2. The number of pyridine rings is 2. The molecule has 2 heterocycles. The van der Waals surface area contributed by atoms with Crippen LogP contribution >= 0.6 is 0 Å². The predicted molar refractivity (Wildman–Crippen MR) is 135 cm³/mol. The van der Waals surface area contributed by atoms with Gasteiger partial charge in [-0.2, -0.15) is 0 Å². The van der Waals surface area contributed by atoms with Crippen LogP contribution in [-0.2, 0) is 15.4 Å². The number of sulfonamides is 1. The zero-order valence-electron chi connectivity index (χ0n) is 19.4. The van der Waals surface area contributed by atoms with Crippen LogP contribution in [0.5, 0.6) is 0 Å². The lowest BCUT2D eigenvalue weighted by atomic mass is 9.89. The van der Waals surface area contributed by atoms with Gasteiger partial charge in [0.25, 0.3) is 5.56 Å². The van der Waals surface area contributed by atoms with Crippen LogP contribution in [0, 0.1) is 6.92 Å². The number of benzene rings is 2. The monoisotopic (exact) mass is 461 g/mol. The maximum absolute atomic E-state index is 12.7. The molecule has 2 aromatic carbocycles. The molecule has 4 rings (SSSR count). The van der Waals surface area contributed by atoms with Crippen molar-refractivity contribution in [3.63, 3.8) is 0 Å². The number of nitrogens with zero attached hydrogens (tertiary/aromatic N) is 1. The standard InChI is InChI=1S/C26H27N3O3S/c1-16-6-12-22(25(30)27-16)24-21-13-9-18(14-19(21)15-23(28-24)26(2,3)4)17-7-10-20(11-8-17)29-33(5,31)32/h6-15,29H,1-5H3,(H,27,30). The Balaban J connectivity index is 1.87. The summed E-state index contributed by atoms with van der Waals surface area (Å²) in [5.41, 5.74) is 5.01. The molecule has 0 spiro atoms. The Bertz CT molecular complexity index is 1510. The smallest absolute Gasteiger partial charge is 0.257 e. The van der Waals surface area contributed by atoms with E-state index in [4.69, 9.17) is 4.98 Å². The fraction of sp³-hybridized carbons (Fsp3) is 0.231. The van der Waals surface area contributed by atoms with Crippen molar-refractivity contribution in [2.75, 3.05) is 11.0 Å². The number of aromatic amines is 1. The molecule has 33 heavy (non-hydrogen) atoms. The van der Waals surface area contributed by atoms with E-state index in [0.717, 1.165) is 39.5 Å². The molecule has 0 aliphatic rings. The average Bonchev–Trinajstić information content (AvgIpc) is 2.71. The zero-order chi connectivity index (χ0) is 24.0. The Morgan fingerprint density at radius 2 is 1.58 bits per heavy atom. The fourth-order valence-electron chi connectivity index (χ4n) is 3.73. The molecule has 0 unspecified atom stereocenters. The number of anilines is 1. The summed E-state index contributed by atoms with van der Waals surface area (Å²) in [6.07, 6.45) is 1.13. The van der Waals surface area contributed by atoms with Gasteiger partial charge >= 0.3 is 0 Å². The second-order valence-electron chi connectivity index (χ2n) is 9.38. The van der Waals surface area contributed by atoms with Crippen LogP contribution in [0.25, 0.3) is 33.2 Å². The molecule has 0 aliphatic carbocycles. The van der Waals surface area contributed by atoms with Crippen LogP contribution in [0.4, 0.5) is 5.69 Å². The van der Waals surface area contributed by atoms with Gasteiger partial charge < -0.3 is 4.98 Å². The molecule has 6 nitrogen and oxygen atoms in total. The van der Waals surface area contributed by atoms with Crippen molar-refractivity contribution in [2.45, 2.75) is 33.1 Å². The minimum absolute atomic E-state index is 0.159. The van der Waals surface area contributed by atoms with Crippen LogP contribution in [0.3, 0.4) is 0 Å². The van der Waals surface area contributed by atoms with Crippen LogP contribution in [0.1, 0.15) is 32.2 Å². The lowest BCUT2D eigenvalue weighted by molar-refractivity contribution is 0.571. The van der Waals surface area contributed by atoms with E-state index in [1.807, 2.05) is 43.3 Å². The van der Waals surface area contributed by atoms with Gasteiger partial charge in [0.05, 0.1) is 17.5 Å². The first-order valence-electron chi connectivity index (χ1n) is 10.6. The molecule has 0 aliphatic heterocycles. The van der Waals surface area contributed by atoms with Gasteiger partial charge in [0.1, 0.15) is 0 Å². The summed E-state index contributed by atoms with van der Waals surface area (Å²) in [6.45, 7) is 8.15. The summed E-state index contributed by atoms with van der Waals surface area (Å²) < 4.78 is 25.4. The molecule has 0 amide bonds. The lowest BCUT2D eigenvalue weighted by Crippen LogP contribution is -2.16. The number of rotatable bonds is 4. The molecular formula is C26H27N3O3S. The molecule has 0 fully saturated rings. The highest BCUT2D eigenvalue weighted by Crippen LogP contribution is 2.33. The molecule has 2 aromatic heterocycles. The molecule has 2 N–H and O–H groups in total. The summed E-state index contributed by atoms with van der Waals surface area (Å²) in [5, 5.41) is 1.89. The van der Waals surface area contributed by atoms with Crippen LogP contribution in [-0.4, -0.2) is 24.6 Å². The first-order valence-corrected chi connectivity index (χ1v) is 12.5. The quantitative estimate of drug-likeness (QED) is 0.435. The summed E-state index contributed by atoms with van der Waals surface area (Å²) in [4.78, 5) is 20.5. The number of hydrogen-bond acceptors (Lipinski definition) is 4. The Morgan fingerprint density at radius 3 is 2.18 bits per heavy atom. The highest BCUT2D eigenvalue weighted by molar-refractivity contribution is 7.92. The van der Waals surface area contributed by atoms with E-state index in [2.05, 4.69) is 42.6 Å². The van der Waals surface area contributed by atoms with E-state index < -0.39 is 10.0 Å². The van der Waals surface area contributed by atoms with E-state index in [1.165, 1.54) is 0 Å². The number of H-pyrrole nitrogens is 1. The van der Waals surface area contributed by atoms with E-state index in [0.29, 0.717) is 16.9 Å². The van der Waals surface area contributed by atoms with E-state index in [1.54, 1.807) is 12.1 Å². The van der Waals surface area contributed by atoms with Gasteiger partial charge in [0, 0.05) is 27.9 Å². The number of nitrogens with one attached hydrogen (secondary N) is 2. The molecular weight excluding hydrogens is 434 g/mol. The summed E-state index contributed by atoms with van der Waals surface area (Å²) in [5.74, 6) is 0. The first kappa shape index (κ1) is 22.7. The minimum Gasteiger partial charge on any atom is -0.326 e. The van der Waals surface area contributed by atoms with E-state index >= 15 is 0 Å². The second kappa shape index (κ2) is 8.15. The maximum Gasteiger partial charge on any atom is 0.257 e. The highest BCUT2D eigenvalue weighted by Gasteiger charge is 2.20. The van der Waals surface area contributed by atoms with Crippen molar-refractivity contribution < 1.29 is 8.42 Å². The van der Waals surface area contributed by atoms with E-state index in [-0.39, 0.29) is 11.0 Å². The summed E-state index contributed by atoms with van der Waals surface area (Å²) in [6, 6.07) is 19.1.